The van der Waals surface area contributed by atoms with Crippen molar-refractivity contribution < 1.29 is 28.6 Å². The molecule has 0 rings (SSSR count). The molecular formula is C67H102O6. The molecule has 0 N–H and O–H groups in total. The van der Waals surface area contributed by atoms with Crippen LogP contribution in [-0.4, -0.2) is 37.2 Å². The van der Waals surface area contributed by atoms with Gasteiger partial charge in [-0.25, -0.2) is 0 Å². The fourth-order valence-corrected chi connectivity index (χ4v) is 7.06. The van der Waals surface area contributed by atoms with Crippen molar-refractivity contribution in [2.24, 2.45) is 0 Å². The lowest BCUT2D eigenvalue weighted by Gasteiger charge is -2.18. The molecule has 0 bridgehead atoms. The maximum atomic E-state index is 12.8. The number of allylic oxidation sites excluding steroid dienone is 28. The van der Waals surface area contributed by atoms with E-state index >= 15 is 0 Å². The molecule has 0 aliphatic rings. The molecule has 0 heterocycles. The number of esters is 3. The predicted molar refractivity (Wildman–Crippen MR) is 315 cm³/mol. The molecule has 0 aromatic rings. The van der Waals surface area contributed by atoms with E-state index in [9.17, 15) is 14.4 Å². The number of rotatable bonds is 49. The van der Waals surface area contributed by atoms with Gasteiger partial charge in [0.25, 0.3) is 0 Å². The molecular weight excluding hydrogens is 901 g/mol. The molecule has 0 aromatic heterocycles. The van der Waals surface area contributed by atoms with Crippen LogP contribution in [0.5, 0.6) is 0 Å². The summed E-state index contributed by atoms with van der Waals surface area (Å²) in [6.45, 7) is 6.15. The van der Waals surface area contributed by atoms with Crippen LogP contribution in [0.4, 0.5) is 0 Å². The maximum absolute atomic E-state index is 12.8. The van der Waals surface area contributed by atoms with Gasteiger partial charge in [0.15, 0.2) is 6.10 Å². The minimum Gasteiger partial charge on any atom is -0.462 e. The second-order valence-corrected chi connectivity index (χ2v) is 18.0. The van der Waals surface area contributed by atoms with Crippen molar-refractivity contribution in [2.75, 3.05) is 13.2 Å². The zero-order valence-electron chi connectivity index (χ0n) is 46.3. The highest BCUT2D eigenvalue weighted by molar-refractivity contribution is 5.71. The van der Waals surface area contributed by atoms with Gasteiger partial charge in [0.2, 0.25) is 0 Å². The highest BCUT2D eigenvalue weighted by Gasteiger charge is 2.19. The summed E-state index contributed by atoms with van der Waals surface area (Å²) in [5, 5.41) is 0. The number of carbonyl (C=O) groups is 3. The fraction of sp³-hybridized carbons (Fsp3) is 0.537. The van der Waals surface area contributed by atoms with Crippen LogP contribution in [0.1, 0.15) is 213 Å². The normalized spacial score (nSPS) is 13.4. The van der Waals surface area contributed by atoms with Crippen molar-refractivity contribution >= 4 is 17.9 Å². The molecule has 1 atom stereocenters. The smallest absolute Gasteiger partial charge is 0.306 e. The fourth-order valence-electron chi connectivity index (χ4n) is 7.06. The number of hydrogen-bond acceptors (Lipinski definition) is 6. The Labute approximate surface area is 447 Å². The lowest BCUT2D eigenvalue weighted by atomic mass is 10.1. The Bertz CT molecular complexity index is 1720. The van der Waals surface area contributed by atoms with Crippen LogP contribution in [0.3, 0.4) is 0 Å². The summed E-state index contributed by atoms with van der Waals surface area (Å²) in [5.41, 5.74) is 0. The molecule has 406 valence electrons. The van der Waals surface area contributed by atoms with Crippen LogP contribution in [0.25, 0.3) is 0 Å². The summed E-state index contributed by atoms with van der Waals surface area (Å²) in [6.07, 6.45) is 88.0. The molecule has 0 aliphatic carbocycles. The van der Waals surface area contributed by atoms with E-state index in [-0.39, 0.29) is 38.0 Å². The molecule has 0 fully saturated rings. The molecule has 0 saturated heterocycles. The van der Waals surface area contributed by atoms with Gasteiger partial charge in [-0.15, -0.1) is 0 Å². The van der Waals surface area contributed by atoms with Crippen LogP contribution in [0.2, 0.25) is 0 Å². The lowest BCUT2D eigenvalue weighted by molar-refractivity contribution is -0.166. The van der Waals surface area contributed by atoms with E-state index in [2.05, 4.69) is 167 Å². The van der Waals surface area contributed by atoms with Crippen molar-refractivity contribution in [3.8, 4) is 0 Å². The third-order valence-electron chi connectivity index (χ3n) is 11.2. The molecule has 1 unspecified atom stereocenters. The van der Waals surface area contributed by atoms with E-state index in [0.717, 1.165) is 109 Å². The average Bonchev–Trinajstić information content (AvgIpc) is 3.39. The first-order valence-corrected chi connectivity index (χ1v) is 28.6. The van der Waals surface area contributed by atoms with Gasteiger partial charge in [-0.1, -0.05) is 242 Å². The summed E-state index contributed by atoms with van der Waals surface area (Å²) in [7, 11) is 0. The largest absolute Gasteiger partial charge is 0.462 e. The highest BCUT2D eigenvalue weighted by Crippen LogP contribution is 2.13. The van der Waals surface area contributed by atoms with Crippen molar-refractivity contribution in [2.45, 2.75) is 219 Å². The second-order valence-electron chi connectivity index (χ2n) is 18.0. The van der Waals surface area contributed by atoms with Gasteiger partial charge in [0.1, 0.15) is 13.2 Å². The molecule has 0 aliphatic heterocycles. The summed E-state index contributed by atoms with van der Waals surface area (Å²) >= 11 is 0. The van der Waals surface area contributed by atoms with Crippen LogP contribution >= 0.6 is 0 Å². The molecule has 0 radical (unpaired) electrons. The van der Waals surface area contributed by atoms with Gasteiger partial charge >= 0.3 is 17.9 Å². The summed E-state index contributed by atoms with van der Waals surface area (Å²) in [5.74, 6) is -1.13. The molecule has 0 spiro atoms. The molecule has 0 aromatic carbocycles. The van der Waals surface area contributed by atoms with Crippen molar-refractivity contribution in [1.82, 2.24) is 0 Å². The lowest BCUT2D eigenvalue weighted by Crippen LogP contribution is -2.30. The average molecular weight is 1000 g/mol. The highest BCUT2D eigenvalue weighted by atomic mass is 16.6. The Balaban J connectivity index is 4.54. The van der Waals surface area contributed by atoms with Crippen LogP contribution in [0, 0.1) is 0 Å². The molecule has 73 heavy (non-hydrogen) atoms. The van der Waals surface area contributed by atoms with E-state index in [1.54, 1.807) is 0 Å². The van der Waals surface area contributed by atoms with Crippen molar-refractivity contribution in [3.63, 3.8) is 0 Å². The topological polar surface area (TPSA) is 78.9 Å². The standard InChI is InChI=1S/C67H102O6/c1-4-7-10-13-16-19-22-25-27-29-31-32-33-34-36-37-39-42-45-48-51-54-57-60-66(69)72-63-64(62-71-65(68)59-56-53-50-47-44-41-24-21-18-15-12-9-6-3)73-67(70)61-58-55-52-49-46-43-40-38-35-30-28-26-23-20-17-14-11-8-5-2/h7-12,16-21,25-28,31-32,35,38,41,43-44,46,50,52-53,55,64H,4-6,13-15,22-24,29-30,33-34,36-37,39-40,42,45,47-49,51,54,56-63H2,1-3H3/b10-7-,11-8-,12-9-,19-16-,20-17-,21-18-,27-25-,28-26-,32-31-,38-35-,44-41-,46-43-,53-50-,55-52-. The van der Waals surface area contributed by atoms with Gasteiger partial charge in [0, 0.05) is 19.3 Å². The van der Waals surface area contributed by atoms with E-state index in [1.165, 1.54) is 51.4 Å². The van der Waals surface area contributed by atoms with Crippen LogP contribution < -0.4 is 0 Å². The van der Waals surface area contributed by atoms with Gasteiger partial charge in [-0.05, 0) is 122 Å². The zero-order valence-corrected chi connectivity index (χ0v) is 46.3. The van der Waals surface area contributed by atoms with E-state index in [4.69, 9.17) is 14.2 Å². The number of carbonyl (C=O) groups excluding carboxylic acids is 3. The number of ether oxygens (including phenoxy) is 3. The zero-order chi connectivity index (χ0) is 52.9. The van der Waals surface area contributed by atoms with E-state index in [1.807, 2.05) is 24.3 Å². The van der Waals surface area contributed by atoms with Crippen molar-refractivity contribution in [1.29, 1.82) is 0 Å². The van der Waals surface area contributed by atoms with Crippen molar-refractivity contribution in [3.05, 3.63) is 170 Å². The molecule has 6 heteroatoms. The van der Waals surface area contributed by atoms with E-state index in [0.29, 0.717) is 19.3 Å². The first kappa shape index (κ1) is 67.8. The first-order chi connectivity index (χ1) is 36.0. The minimum absolute atomic E-state index is 0.141. The van der Waals surface area contributed by atoms with Gasteiger partial charge in [-0.3, -0.25) is 14.4 Å². The summed E-state index contributed by atoms with van der Waals surface area (Å²) in [6, 6.07) is 0. The Morgan fingerprint density at radius 2 is 0.521 bits per heavy atom. The Kier molecular flexibility index (Phi) is 55.1. The van der Waals surface area contributed by atoms with Gasteiger partial charge in [0.05, 0.1) is 0 Å². The van der Waals surface area contributed by atoms with Crippen LogP contribution in [0.15, 0.2) is 170 Å². The number of unbranched alkanes of at least 4 members (excludes halogenated alkanes) is 10. The maximum Gasteiger partial charge on any atom is 0.306 e. The molecule has 0 amide bonds. The third-order valence-corrected chi connectivity index (χ3v) is 11.2. The van der Waals surface area contributed by atoms with E-state index < -0.39 is 12.1 Å². The Morgan fingerprint density at radius 3 is 0.849 bits per heavy atom. The second kappa shape index (κ2) is 59.3. The first-order valence-electron chi connectivity index (χ1n) is 28.6. The molecule has 0 saturated carbocycles. The van der Waals surface area contributed by atoms with Gasteiger partial charge < -0.3 is 14.2 Å². The Hall–Kier alpha value is -5.23. The SMILES string of the molecule is CC/C=C\C/C=C\C/C=C\C/C=C\C/C=C\C/C=C\CCC(=O)OC(COC(=O)CC/C=C\C/C=C\C/C=C\C/C=C\CC)COC(=O)CCCCCCCCCCCC/C=C\C/C=C\C/C=C\C/C=C\CC. The summed E-state index contributed by atoms with van der Waals surface area (Å²) < 4.78 is 16.7. The molecule has 6 nitrogen and oxygen atoms in total. The van der Waals surface area contributed by atoms with Gasteiger partial charge in [-0.2, -0.15) is 0 Å². The minimum atomic E-state index is -0.858. The summed E-state index contributed by atoms with van der Waals surface area (Å²) in [4.78, 5) is 38.1. The Morgan fingerprint density at radius 1 is 0.274 bits per heavy atom. The van der Waals surface area contributed by atoms with Crippen LogP contribution in [-0.2, 0) is 28.6 Å². The number of hydrogen-bond donors (Lipinski definition) is 0. The quantitative estimate of drug-likeness (QED) is 0.0261. The monoisotopic (exact) mass is 1000 g/mol. The predicted octanol–water partition coefficient (Wildman–Crippen LogP) is 19.5. The third kappa shape index (κ3) is 57.5.